The van der Waals surface area contributed by atoms with Crippen LogP contribution >= 0.6 is 0 Å². The van der Waals surface area contributed by atoms with Gasteiger partial charge in [-0.3, -0.25) is 20.1 Å². The average molecular weight is 575 g/mol. The number of nitrogen functional groups attached to an aromatic ring is 1. The number of rotatable bonds is 7. The Kier molecular flexibility index (Phi) is 8.74. The molecule has 1 atom stereocenters. The van der Waals surface area contributed by atoms with Crippen molar-refractivity contribution in [3.8, 4) is 11.5 Å². The highest BCUT2D eigenvalue weighted by Gasteiger charge is 2.16. The number of fused-ring (bicyclic) bond motifs is 2. The van der Waals surface area contributed by atoms with Crippen molar-refractivity contribution in [1.82, 2.24) is 9.97 Å². The number of aliphatic hydroxyl groups excluding tert-OH is 1. The Bertz CT molecular complexity index is 1880. The molecule has 9 nitrogen and oxygen atoms in total. The van der Waals surface area contributed by atoms with Gasteiger partial charge in [-0.2, -0.15) is 0 Å². The van der Waals surface area contributed by atoms with Gasteiger partial charge < -0.3 is 20.3 Å². The van der Waals surface area contributed by atoms with E-state index in [1.807, 2.05) is 36.5 Å². The number of methoxy groups -OCH3 is 2. The molecule has 4 aromatic carbocycles. The van der Waals surface area contributed by atoms with Crippen molar-refractivity contribution in [1.29, 1.82) is 0 Å². The number of aliphatic hydroxyl groups is 1. The molecule has 216 valence electrons. The number of nitro groups is 1. The second-order valence-corrected chi connectivity index (χ2v) is 9.81. The fourth-order valence-electron chi connectivity index (χ4n) is 4.80. The highest BCUT2D eigenvalue weighted by Crippen LogP contribution is 2.30. The summed E-state index contributed by atoms with van der Waals surface area (Å²) in [4.78, 5) is 18.9. The molecule has 0 fully saturated rings. The summed E-state index contributed by atoms with van der Waals surface area (Å²) in [7, 11) is 3.25. The number of nitrogens with two attached hydrogens (primary N) is 1. The third-order valence-corrected chi connectivity index (χ3v) is 7.11. The number of nitrogens with zero attached hydrogens (tertiary/aromatic N) is 3. The number of aromatic nitrogens is 2. The molecule has 3 N–H and O–H groups in total. The van der Waals surface area contributed by atoms with Gasteiger partial charge in [0.15, 0.2) is 0 Å². The van der Waals surface area contributed by atoms with E-state index in [9.17, 15) is 15.2 Å². The normalized spacial score (nSPS) is 11.4. The lowest BCUT2D eigenvalue weighted by Gasteiger charge is -2.14. The van der Waals surface area contributed by atoms with Crippen LogP contribution in [0.15, 0.2) is 109 Å². The maximum atomic E-state index is 10.7. The Morgan fingerprint density at radius 2 is 1.37 bits per heavy atom. The van der Waals surface area contributed by atoms with Crippen LogP contribution in [0, 0.1) is 10.1 Å². The first-order valence-electron chi connectivity index (χ1n) is 13.5. The third-order valence-electron chi connectivity index (χ3n) is 7.11. The lowest BCUT2D eigenvalue weighted by atomic mass is 9.98. The Balaban J connectivity index is 0.000000173. The van der Waals surface area contributed by atoms with Crippen molar-refractivity contribution < 1.29 is 19.5 Å². The quantitative estimate of drug-likeness (QED) is 0.123. The summed E-state index contributed by atoms with van der Waals surface area (Å²) < 4.78 is 10.4. The highest BCUT2D eigenvalue weighted by molar-refractivity contribution is 5.84. The van der Waals surface area contributed by atoms with Crippen molar-refractivity contribution in [3.05, 3.63) is 142 Å². The number of benzene rings is 4. The van der Waals surface area contributed by atoms with E-state index in [4.69, 9.17) is 15.2 Å². The lowest BCUT2D eigenvalue weighted by molar-refractivity contribution is -0.384. The molecule has 0 amide bonds. The molecule has 0 saturated heterocycles. The number of hydrogen-bond donors (Lipinski definition) is 2. The molecule has 43 heavy (non-hydrogen) atoms. The second-order valence-electron chi connectivity index (χ2n) is 9.81. The average Bonchev–Trinajstić information content (AvgIpc) is 3.05. The van der Waals surface area contributed by atoms with Gasteiger partial charge in [0, 0.05) is 53.1 Å². The largest absolute Gasteiger partial charge is 0.497 e. The molecule has 0 aliphatic heterocycles. The highest BCUT2D eigenvalue weighted by atomic mass is 16.6. The second kappa shape index (κ2) is 13.0. The monoisotopic (exact) mass is 574 g/mol. The van der Waals surface area contributed by atoms with Crippen LogP contribution in [0.25, 0.3) is 21.8 Å². The molecule has 6 aromatic rings. The van der Waals surface area contributed by atoms with E-state index in [0.717, 1.165) is 34.1 Å². The minimum atomic E-state index is -0.894. The first-order valence-corrected chi connectivity index (χ1v) is 13.5. The van der Waals surface area contributed by atoms with Crippen LogP contribution in [0.1, 0.15) is 28.4 Å². The maximum absolute atomic E-state index is 10.7. The van der Waals surface area contributed by atoms with E-state index < -0.39 is 11.0 Å². The molecule has 0 spiro atoms. The molecule has 9 heteroatoms. The van der Waals surface area contributed by atoms with Gasteiger partial charge in [0.05, 0.1) is 30.2 Å². The van der Waals surface area contributed by atoms with Gasteiger partial charge >= 0.3 is 0 Å². The molecular formula is C34H30N4O5. The summed E-state index contributed by atoms with van der Waals surface area (Å²) >= 11 is 0. The smallest absolute Gasteiger partial charge is 0.269 e. The van der Waals surface area contributed by atoms with Crippen LogP contribution in [0.3, 0.4) is 0 Å². The topological polar surface area (TPSA) is 134 Å². The van der Waals surface area contributed by atoms with Gasteiger partial charge in [-0.25, -0.2) is 0 Å². The first-order chi connectivity index (χ1) is 20.9. The van der Waals surface area contributed by atoms with Crippen LogP contribution in [0.2, 0.25) is 0 Å². The van der Waals surface area contributed by atoms with Crippen LogP contribution in [0.4, 0.5) is 11.4 Å². The van der Waals surface area contributed by atoms with Crippen LogP contribution < -0.4 is 15.2 Å². The summed E-state index contributed by atoms with van der Waals surface area (Å²) in [5.74, 6) is 1.52. The summed E-state index contributed by atoms with van der Waals surface area (Å²) in [5, 5.41) is 23.3. The molecule has 0 bridgehead atoms. The van der Waals surface area contributed by atoms with Gasteiger partial charge in [-0.15, -0.1) is 0 Å². The molecule has 2 heterocycles. The zero-order chi connectivity index (χ0) is 30.3. The molecule has 0 saturated carbocycles. The van der Waals surface area contributed by atoms with Gasteiger partial charge in [-0.1, -0.05) is 12.1 Å². The number of hydrogen-bond acceptors (Lipinski definition) is 8. The van der Waals surface area contributed by atoms with Crippen LogP contribution in [-0.2, 0) is 6.42 Å². The van der Waals surface area contributed by atoms with Crippen molar-refractivity contribution in [3.63, 3.8) is 0 Å². The minimum absolute atomic E-state index is 0.00901. The van der Waals surface area contributed by atoms with E-state index in [0.29, 0.717) is 22.4 Å². The Morgan fingerprint density at radius 1 is 0.791 bits per heavy atom. The molecule has 0 aliphatic rings. The summed E-state index contributed by atoms with van der Waals surface area (Å²) in [5.41, 5.74) is 11.9. The molecule has 6 rings (SSSR count). The molecule has 2 aromatic heterocycles. The van der Waals surface area contributed by atoms with E-state index in [1.54, 1.807) is 50.7 Å². The number of nitro benzene ring substituents is 1. The minimum Gasteiger partial charge on any atom is -0.497 e. The summed E-state index contributed by atoms with van der Waals surface area (Å²) in [6.07, 6.45) is 3.43. The molecular weight excluding hydrogens is 544 g/mol. The predicted octanol–water partition coefficient (Wildman–Crippen LogP) is 6.65. The number of pyridine rings is 2. The zero-order valence-electron chi connectivity index (χ0n) is 23.7. The van der Waals surface area contributed by atoms with Gasteiger partial charge in [-0.05, 0) is 89.3 Å². The van der Waals surface area contributed by atoms with E-state index >= 15 is 0 Å². The van der Waals surface area contributed by atoms with E-state index in [1.165, 1.54) is 23.3 Å². The number of non-ortho nitro benzene ring substituents is 1. The fourth-order valence-corrected chi connectivity index (χ4v) is 4.80. The summed E-state index contributed by atoms with van der Waals surface area (Å²) in [6, 6.07) is 29.1. The Hall–Kier alpha value is -5.54. The van der Waals surface area contributed by atoms with Crippen molar-refractivity contribution >= 4 is 33.2 Å². The van der Waals surface area contributed by atoms with Crippen LogP contribution in [-0.4, -0.2) is 34.2 Å². The number of anilines is 1. The van der Waals surface area contributed by atoms with Crippen molar-refractivity contribution in [2.75, 3.05) is 20.0 Å². The van der Waals surface area contributed by atoms with Crippen molar-refractivity contribution in [2.45, 2.75) is 12.5 Å². The van der Waals surface area contributed by atoms with E-state index in [-0.39, 0.29) is 5.69 Å². The van der Waals surface area contributed by atoms with E-state index in [2.05, 4.69) is 34.2 Å². The third kappa shape index (κ3) is 6.69. The van der Waals surface area contributed by atoms with Gasteiger partial charge in [0.1, 0.15) is 17.6 Å². The fraction of sp³-hybridized carbons (Fsp3) is 0.118. The zero-order valence-corrected chi connectivity index (χ0v) is 23.7. The lowest BCUT2D eigenvalue weighted by Crippen LogP contribution is -2.01. The molecule has 1 unspecified atom stereocenters. The summed E-state index contributed by atoms with van der Waals surface area (Å²) in [6.45, 7) is 0. The van der Waals surface area contributed by atoms with Crippen LogP contribution in [0.5, 0.6) is 11.5 Å². The molecule has 0 aliphatic carbocycles. The maximum Gasteiger partial charge on any atom is 0.269 e. The van der Waals surface area contributed by atoms with Gasteiger partial charge in [0.25, 0.3) is 5.69 Å². The standard InChI is InChI=1S/C17H14N2O4.C17H16N2O/c1-23-13-6-7-14-15(8-9-18-16(14)10-13)17(20)11-2-4-12(5-3-11)19(21)22;1-20-15-6-7-16-13(8-9-19-17(16)11-15)10-12-2-4-14(18)5-3-12/h2-10,17,20H,1H3;2-9,11H,10,18H2,1H3. The van der Waals surface area contributed by atoms with Crippen molar-refractivity contribution in [2.24, 2.45) is 0 Å². The predicted molar refractivity (Wildman–Crippen MR) is 167 cm³/mol. The Morgan fingerprint density at radius 3 is 1.98 bits per heavy atom. The number of ether oxygens (including phenoxy) is 2. The Labute approximate surface area is 248 Å². The first kappa shape index (κ1) is 29.0. The molecule has 0 radical (unpaired) electrons. The van der Waals surface area contributed by atoms with Gasteiger partial charge in [0.2, 0.25) is 0 Å². The SMILES string of the molecule is COc1ccc2c(C(O)c3ccc([N+](=O)[O-])cc3)ccnc2c1.COc1ccc2c(Cc3ccc(N)cc3)ccnc2c1.